The van der Waals surface area contributed by atoms with Gasteiger partial charge in [-0.1, -0.05) is 54.6 Å². The first-order valence-electron chi connectivity index (χ1n) is 7.82. The van der Waals surface area contributed by atoms with Crippen LogP contribution in [0.2, 0.25) is 0 Å². The molecule has 0 heterocycles. The zero-order chi connectivity index (χ0) is 15.3. The molecule has 2 aromatic rings. The molecule has 0 spiro atoms. The highest BCUT2D eigenvalue weighted by molar-refractivity contribution is 5.87. The Kier molecular flexibility index (Phi) is 2.88. The van der Waals surface area contributed by atoms with Crippen molar-refractivity contribution < 1.29 is 4.79 Å². The van der Waals surface area contributed by atoms with E-state index in [4.69, 9.17) is 5.73 Å². The summed E-state index contributed by atoms with van der Waals surface area (Å²) < 4.78 is 0. The summed E-state index contributed by atoms with van der Waals surface area (Å²) in [5.74, 6) is 0.940. The second-order valence-corrected chi connectivity index (χ2v) is 6.66. The third-order valence-electron chi connectivity index (χ3n) is 5.18. The maximum Gasteiger partial charge on any atom is 0.244 e. The van der Waals surface area contributed by atoms with Gasteiger partial charge in [0.25, 0.3) is 0 Å². The molecule has 0 radical (unpaired) electrons. The van der Waals surface area contributed by atoms with Crippen molar-refractivity contribution in [2.45, 2.75) is 30.8 Å². The summed E-state index contributed by atoms with van der Waals surface area (Å²) >= 11 is 0. The molecule has 3 N–H and O–H groups in total. The molecule has 0 saturated heterocycles. The van der Waals surface area contributed by atoms with E-state index in [9.17, 15) is 4.79 Å². The number of amides is 1. The number of rotatable bonds is 3. The monoisotopic (exact) mass is 292 g/mol. The van der Waals surface area contributed by atoms with Crippen molar-refractivity contribution in [3.63, 3.8) is 0 Å². The maximum atomic E-state index is 12.6. The Morgan fingerprint density at radius 1 is 1.14 bits per heavy atom. The number of hydrogen-bond acceptors (Lipinski definition) is 2. The summed E-state index contributed by atoms with van der Waals surface area (Å²) in [5, 5.41) is 3.17. The molecule has 112 valence electrons. The Morgan fingerprint density at radius 2 is 1.82 bits per heavy atom. The topological polar surface area (TPSA) is 55.1 Å². The second kappa shape index (κ2) is 4.68. The summed E-state index contributed by atoms with van der Waals surface area (Å²) in [6.07, 6.45) is 1.07. The van der Waals surface area contributed by atoms with Gasteiger partial charge in [-0.15, -0.1) is 0 Å². The van der Waals surface area contributed by atoms with Crippen molar-refractivity contribution in [1.82, 2.24) is 5.32 Å². The molecule has 1 fully saturated rings. The van der Waals surface area contributed by atoms with Gasteiger partial charge < -0.3 is 11.1 Å². The number of nitrogens with one attached hydrogen (secondary N) is 1. The van der Waals surface area contributed by atoms with E-state index in [0.717, 1.165) is 12.0 Å². The molecule has 22 heavy (non-hydrogen) atoms. The Hall–Kier alpha value is -2.13. The largest absolute Gasteiger partial charge is 0.351 e. The standard InChI is InChI=1S/C19H20N2O/c1-19(20,13-8-3-2-4-9-13)18(22)21-17-15-11-12-7-5-6-10-14(12)16(15)17/h2-10,15-17H,11,20H2,1H3,(H,21,22). The molecule has 0 bridgehead atoms. The van der Waals surface area contributed by atoms with E-state index < -0.39 is 5.54 Å². The molecule has 4 unspecified atom stereocenters. The molecule has 2 aromatic carbocycles. The minimum absolute atomic E-state index is 0.0874. The van der Waals surface area contributed by atoms with Crippen molar-refractivity contribution in [3.05, 3.63) is 71.3 Å². The van der Waals surface area contributed by atoms with Gasteiger partial charge in [-0.2, -0.15) is 0 Å². The minimum atomic E-state index is -0.988. The van der Waals surface area contributed by atoms with Crippen LogP contribution in [0.25, 0.3) is 0 Å². The lowest BCUT2D eigenvalue weighted by molar-refractivity contribution is -0.126. The van der Waals surface area contributed by atoms with Gasteiger partial charge in [-0.3, -0.25) is 4.79 Å². The molecule has 2 aliphatic carbocycles. The Labute approximate surface area is 130 Å². The Balaban J connectivity index is 1.49. The van der Waals surface area contributed by atoms with Crippen LogP contribution in [0.15, 0.2) is 54.6 Å². The van der Waals surface area contributed by atoms with Crippen LogP contribution in [-0.4, -0.2) is 11.9 Å². The molecule has 3 nitrogen and oxygen atoms in total. The Bertz CT molecular complexity index is 723. The molecular formula is C19H20N2O. The fourth-order valence-electron chi connectivity index (χ4n) is 3.76. The van der Waals surface area contributed by atoms with Crippen molar-refractivity contribution in [1.29, 1.82) is 0 Å². The first-order chi connectivity index (χ1) is 10.6. The van der Waals surface area contributed by atoms with Crippen LogP contribution < -0.4 is 11.1 Å². The molecule has 3 heteroatoms. The van der Waals surface area contributed by atoms with E-state index in [1.54, 1.807) is 6.92 Å². The zero-order valence-electron chi connectivity index (χ0n) is 12.6. The van der Waals surface area contributed by atoms with Gasteiger partial charge in [0.15, 0.2) is 0 Å². The number of carbonyl (C=O) groups is 1. The highest BCUT2D eigenvalue weighted by Gasteiger charge is 2.56. The quantitative estimate of drug-likeness (QED) is 0.912. The zero-order valence-corrected chi connectivity index (χ0v) is 12.6. The number of benzene rings is 2. The van der Waals surface area contributed by atoms with E-state index in [0.29, 0.717) is 11.8 Å². The summed E-state index contributed by atoms with van der Waals surface area (Å²) in [6.45, 7) is 1.78. The van der Waals surface area contributed by atoms with E-state index in [1.807, 2.05) is 30.3 Å². The van der Waals surface area contributed by atoms with Crippen molar-refractivity contribution in [2.24, 2.45) is 11.7 Å². The maximum absolute atomic E-state index is 12.6. The van der Waals surface area contributed by atoms with Gasteiger partial charge in [0.1, 0.15) is 5.54 Å². The van der Waals surface area contributed by atoms with Gasteiger partial charge in [0.2, 0.25) is 5.91 Å². The van der Waals surface area contributed by atoms with Crippen LogP contribution in [0.3, 0.4) is 0 Å². The normalized spacial score (nSPS) is 27.5. The van der Waals surface area contributed by atoms with Gasteiger partial charge in [0, 0.05) is 12.0 Å². The molecule has 4 rings (SSSR count). The van der Waals surface area contributed by atoms with Crippen LogP contribution in [0.1, 0.15) is 29.5 Å². The van der Waals surface area contributed by atoms with Crippen molar-refractivity contribution in [3.8, 4) is 0 Å². The lowest BCUT2D eigenvalue weighted by atomic mass is 9.92. The molecule has 0 aromatic heterocycles. The highest BCUT2D eigenvalue weighted by atomic mass is 16.2. The third-order valence-corrected chi connectivity index (χ3v) is 5.18. The lowest BCUT2D eigenvalue weighted by Crippen LogP contribution is -2.50. The molecule has 1 saturated carbocycles. The summed E-state index contributed by atoms with van der Waals surface area (Å²) in [5.41, 5.74) is 8.98. The second-order valence-electron chi connectivity index (χ2n) is 6.66. The SMILES string of the molecule is CC(N)(C(=O)NC1C2Cc3ccccc3C21)c1ccccc1. The minimum Gasteiger partial charge on any atom is -0.351 e. The van der Waals surface area contributed by atoms with Gasteiger partial charge in [-0.25, -0.2) is 0 Å². The average molecular weight is 292 g/mol. The number of fused-ring (bicyclic) bond motifs is 3. The first-order valence-corrected chi connectivity index (χ1v) is 7.82. The van der Waals surface area contributed by atoms with Crippen molar-refractivity contribution >= 4 is 5.91 Å². The lowest BCUT2D eigenvalue weighted by Gasteiger charge is -2.24. The van der Waals surface area contributed by atoms with Crippen LogP contribution in [0.5, 0.6) is 0 Å². The molecule has 4 atom stereocenters. The average Bonchev–Trinajstić information content (AvgIpc) is 3.05. The van der Waals surface area contributed by atoms with E-state index in [2.05, 4.69) is 29.6 Å². The predicted octanol–water partition coefficient (Wildman–Crippen LogP) is 2.32. The summed E-state index contributed by atoms with van der Waals surface area (Å²) in [4.78, 5) is 12.6. The van der Waals surface area contributed by atoms with Crippen LogP contribution >= 0.6 is 0 Å². The van der Waals surface area contributed by atoms with Crippen molar-refractivity contribution in [2.75, 3.05) is 0 Å². The number of nitrogens with two attached hydrogens (primary N) is 1. The number of hydrogen-bond donors (Lipinski definition) is 2. The highest BCUT2D eigenvalue weighted by Crippen LogP contribution is 2.56. The van der Waals surface area contributed by atoms with E-state index >= 15 is 0 Å². The smallest absolute Gasteiger partial charge is 0.244 e. The third kappa shape index (κ3) is 1.97. The van der Waals surface area contributed by atoms with Gasteiger partial charge >= 0.3 is 0 Å². The van der Waals surface area contributed by atoms with Gasteiger partial charge in [-0.05, 0) is 36.0 Å². The summed E-state index contributed by atoms with van der Waals surface area (Å²) in [7, 11) is 0. The van der Waals surface area contributed by atoms with Crippen LogP contribution in [-0.2, 0) is 16.8 Å². The fourth-order valence-corrected chi connectivity index (χ4v) is 3.76. The van der Waals surface area contributed by atoms with Crippen LogP contribution in [0, 0.1) is 5.92 Å². The Morgan fingerprint density at radius 3 is 2.59 bits per heavy atom. The summed E-state index contributed by atoms with van der Waals surface area (Å²) in [6, 6.07) is 18.4. The fraction of sp³-hybridized carbons (Fsp3) is 0.316. The van der Waals surface area contributed by atoms with Crippen LogP contribution in [0.4, 0.5) is 0 Å². The molecule has 0 aliphatic heterocycles. The predicted molar refractivity (Wildman–Crippen MR) is 86.3 cm³/mol. The molecule has 2 aliphatic rings. The van der Waals surface area contributed by atoms with E-state index in [1.165, 1.54) is 11.1 Å². The first kappa shape index (κ1) is 13.5. The molecular weight excluding hydrogens is 272 g/mol. The number of carbonyl (C=O) groups excluding carboxylic acids is 1. The van der Waals surface area contributed by atoms with E-state index in [-0.39, 0.29) is 11.9 Å². The van der Waals surface area contributed by atoms with Gasteiger partial charge in [0.05, 0.1) is 0 Å². The molecule has 1 amide bonds.